The summed E-state index contributed by atoms with van der Waals surface area (Å²) in [6.45, 7) is 3.42. The number of halogens is 4. The lowest BCUT2D eigenvalue weighted by molar-refractivity contribution is -0.186. The van der Waals surface area contributed by atoms with E-state index in [1.165, 1.54) is 39.8 Å². The van der Waals surface area contributed by atoms with Gasteiger partial charge in [-0.3, -0.25) is 0 Å². The Bertz CT molecular complexity index is 649. The van der Waals surface area contributed by atoms with Crippen LogP contribution in [0.25, 0.3) is 0 Å². The van der Waals surface area contributed by atoms with Crippen LogP contribution in [0.3, 0.4) is 0 Å². The molecule has 9 heteroatoms. The van der Waals surface area contributed by atoms with E-state index in [0.717, 1.165) is 12.1 Å². The third-order valence-corrected chi connectivity index (χ3v) is 5.07. The zero-order valence-electron chi connectivity index (χ0n) is 14.4. The predicted molar refractivity (Wildman–Crippen MR) is 86.7 cm³/mol. The van der Waals surface area contributed by atoms with E-state index in [2.05, 4.69) is 4.74 Å². The summed E-state index contributed by atoms with van der Waals surface area (Å²) in [4.78, 5) is 11.8. The van der Waals surface area contributed by atoms with Crippen molar-refractivity contribution in [1.82, 2.24) is 4.72 Å². The van der Waals surface area contributed by atoms with Gasteiger partial charge in [-0.05, 0) is 33.8 Å². The fourth-order valence-corrected chi connectivity index (χ4v) is 2.90. The lowest BCUT2D eigenvalue weighted by Gasteiger charge is -2.39. The average Bonchev–Trinajstić information content (AvgIpc) is 2.52. The van der Waals surface area contributed by atoms with Gasteiger partial charge in [-0.25, -0.2) is 22.5 Å². The topological polar surface area (TPSA) is 55.4 Å². The maximum absolute atomic E-state index is 14.9. The van der Waals surface area contributed by atoms with E-state index in [0.29, 0.717) is 0 Å². The number of rotatable bonds is 7. The molecular formula is C16H21F4NO3S. The Labute approximate surface area is 146 Å². The molecule has 0 aliphatic heterocycles. The van der Waals surface area contributed by atoms with Crippen LogP contribution in [-0.2, 0) is 26.1 Å². The van der Waals surface area contributed by atoms with Crippen LogP contribution in [0.1, 0.15) is 33.3 Å². The van der Waals surface area contributed by atoms with Gasteiger partial charge >= 0.3 is 11.9 Å². The summed E-state index contributed by atoms with van der Waals surface area (Å²) >= 11 is 0. The van der Waals surface area contributed by atoms with Crippen LogP contribution in [0, 0.1) is 5.82 Å². The van der Waals surface area contributed by atoms with Crippen LogP contribution >= 0.6 is 0 Å². The molecule has 0 fully saturated rings. The molecule has 1 aromatic rings. The minimum atomic E-state index is -4.51. The molecule has 1 aromatic carbocycles. The van der Waals surface area contributed by atoms with Crippen molar-refractivity contribution in [2.45, 2.75) is 43.9 Å². The fourth-order valence-electron chi connectivity index (χ4n) is 1.99. The second-order valence-electron chi connectivity index (χ2n) is 6.30. The number of benzene rings is 1. The lowest BCUT2D eigenvalue weighted by atomic mass is 9.85. The minimum Gasteiger partial charge on any atom is -0.461 e. The Balaban J connectivity index is 3.62. The Kier molecular flexibility index (Phi) is 6.74. The molecule has 4 nitrogen and oxygen atoms in total. The molecule has 0 aliphatic carbocycles. The molecule has 1 rings (SSSR count). The van der Waals surface area contributed by atoms with Gasteiger partial charge in [0.05, 0.1) is 22.3 Å². The molecule has 0 saturated heterocycles. The van der Waals surface area contributed by atoms with Gasteiger partial charge in [0.25, 0.3) is 0 Å². The fraction of sp³-hybridized carbons (Fsp3) is 0.562. The van der Waals surface area contributed by atoms with Gasteiger partial charge < -0.3 is 4.74 Å². The summed E-state index contributed by atoms with van der Waals surface area (Å²) in [6.07, 6.45) is 0. The number of carbonyl (C=O) groups is 1. The number of nitrogens with one attached hydrogen (secondary N) is 1. The number of hydrogen-bond acceptors (Lipinski definition) is 3. The van der Waals surface area contributed by atoms with E-state index in [9.17, 15) is 26.6 Å². The highest BCUT2D eigenvalue weighted by molar-refractivity contribution is 7.84. The molecule has 0 bridgehead atoms. The molecule has 0 unspecified atom stereocenters. The largest absolute Gasteiger partial charge is 0.461 e. The maximum Gasteiger partial charge on any atom is 0.379 e. The van der Waals surface area contributed by atoms with Crippen molar-refractivity contribution in [1.29, 1.82) is 0 Å². The summed E-state index contributed by atoms with van der Waals surface area (Å²) in [5.74, 6) is -7.71. The first-order chi connectivity index (χ1) is 11.4. The first-order valence-corrected chi connectivity index (χ1v) is 8.64. The van der Waals surface area contributed by atoms with Gasteiger partial charge in [0, 0.05) is 5.56 Å². The van der Waals surface area contributed by atoms with Crippen LogP contribution in [0.5, 0.6) is 0 Å². The van der Waals surface area contributed by atoms with Crippen molar-refractivity contribution in [2.75, 3.05) is 13.3 Å². The standard InChI is InChI=1S/C16H21F4NO3S/c1-5-24-13(22)16(19,20)15(10-17,21-25(23)14(2,3)4)11-8-6-7-9-12(11)18/h6-9,21H,5,10H2,1-4H3/t15-,25+/m1/s1. The third-order valence-electron chi connectivity index (χ3n) is 3.43. The molecule has 25 heavy (non-hydrogen) atoms. The summed E-state index contributed by atoms with van der Waals surface area (Å²) < 4.78 is 75.5. The van der Waals surface area contributed by atoms with E-state index < -0.39 is 51.2 Å². The molecule has 0 amide bonds. The number of esters is 1. The monoisotopic (exact) mass is 383 g/mol. The van der Waals surface area contributed by atoms with Crippen molar-refractivity contribution in [2.24, 2.45) is 0 Å². The van der Waals surface area contributed by atoms with Crippen LogP contribution < -0.4 is 4.72 Å². The van der Waals surface area contributed by atoms with E-state index in [1.807, 2.05) is 4.72 Å². The molecule has 0 radical (unpaired) electrons. The van der Waals surface area contributed by atoms with E-state index in [-0.39, 0.29) is 6.61 Å². The number of carbonyl (C=O) groups excluding carboxylic acids is 1. The first kappa shape index (κ1) is 21.6. The summed E-state index contributed by atoms with van der Waals surface area (Å²) in [6, 6.07) is 4.20. The molecule has 0 aromatic heterocycles. The molecule has 2 atom stereocenters. The smallest absolute Gasteiger partial charge is 0.379 e. The summed E-state index contributed by atoms with van der Waals surface area (Å²) in [7, 11) is -2.23. The first-order valence-electron chi connectivity index (χ1n) is 7.49. The lowest BCUT2D eigenvalue weighted by Crippen LogP contribution is -2.63. The second kappa shape index (κ2) is 7.82. The molecular weight excluding hydrogens is 362 g/mol. The van der Waals surface area contributed by atoms with Crippen LogP contribution in [0.4, 0.5) is 17.6 Å². The zero-order chi connectivity index (χ0) is 19.5. The quantitative estimate of drug-likeness (QED) is 0.581. The predicted octanol–water partition coefficient (Wildman–Crippen LogP) is 3.24. The highest BCUT2D eigenvalue weighted by Crippen LogP contribution is 2.41. The molecule has 0 spiro atoms. The number of hydrogen-bond donors (Lipinski definition) is 1. The minimum absolute atomic E-state index is 0.379. The van der Waals surface area contributed by atoms with Crippen LogP contribution in [-0.4, -0.2) is 34.1 Å². The van der Waals surface area contributed by atoms with Gasteiger partial charge in [0.1, 0.15) is 12.5 Å². The summed E-state index contributed by atoms with van der Waals surface area (Å²) in [5, 5.41) is 0. The Morgan fingerprint density at radius 3 is 2.24 bits per heavy atom. The normalized spacial score (nSPS) is 16.2. The van der Waals surface area contributed by atoms with Crippen molar-refractivity contribution in [3.05, 3.63) is 35.6 Å². The molecule has 1 N–H and O–H groups in total. The van der Waals surface area contributed by atoms with Crippen molar-refractivity contribution < 1.29 is 31.3 Å². The third kappa shape index (κ3) is 4.20. The molecule has 0 heterocycles. The summed E-state index contributed by atoms with van der Waals surface area (Å²) in [5.41, 5.74) is -3.99. The second-order valence-corrected chi connectivity index (χ2v) is 8.26. The van der Waals surface area contributed by atoms with Crippen molar-refractivity contribution >= 4 is 17.0 Å². The Morgan fingerprint density at radius 1 is 1.24 bits per heavy atom. The number of alkyl halides is 3. The Morgan fingerprint density at radius 2 is 1.80 bits per heavy atom. The zero-order valence-corrected chi connectivity index (χ0v) is 15.2. The van der Waals surface area contributed by atoms with Gasteiger partial charge in [0.2, 0.25) is 0 Å². The van der Waals surface area contributed by atoms with Gasteiger partial charge in [0.15, 0.2) is 5.54 Å². The van der Waals surface area contributed by atoms with Gasteiger partial charge in [-0.2, -0.15) is 8.78 Å². The van der Waals surface area contributed by atoms with Gasteiger partial charge in [-0.1, -0.05) is 18.2 Å². The average molecular weight is 383 g/mol. The SMILES string of the molecule is CCOC(=O)C(F)(F)[C@](CF)(N[S@@](=O)C(C)(C)C)c1ccccc1F. The van der Waals surface area contributed by atoms with E-state index in [1.54, 1.807) is 0 Å². The number of ether oxygens (including phenoxy) is 1. The highest BCUT2D eigenvalue weighted by atomic mass is 32.2. The van der Waals surface area contributed by atoms with Crippen molar-refractivity contribution in [3.8, 4) is 0 Å². The highest BCUT2D eigenvalue weighted by Gasteiger charge is 2.63. The van der Waals surface area contributed by atoms with E-state index in [4.69, 9.17) is 0 Å². The van der Waals surface area contributed by atoms with Crippen molar-refractivity contribution in [3.63, 3.8) is 0 Å². The van der Waals surface area contributed by atoms with E-state index >= 15 is 0 Å². The molecule has 142 valence electrons. The molecule has 0 saturated carbocycles. The molecule has 0 aliphatic rings. The van der Waals surface area contributed by atoms with Crippen LogP contribution in [0.2, 0.25) is 0 Å². The maximum atomic E-state index is 14.9. The Hall–Kier alpha value is -1.48. The van der Waals surface area contributed by atoms with Crippen LogP contribution in [0.15, 0.2) is 24.3 Å². The van der Waals surface area contributed by atoms with Gasteiger partial charge in [-0.15, -0.1) is 0 Å².